The van der Waals surface area contributed by atoms with Crippen LogP contribution in [0.5, 0.6) is 0 Å². The van der Waals surface area contributed by atoms with Gasteiger partial charge in [-0.1, -0.05) is 30.3 Å². The Balaban J connectivity index is 1.60. The number of aromatic amines is 1. The van der Waals surface area contributed by atoms with E-state index in [1.807, 2.05) is 37.4 Å². The standard InChI is InChI=1S/C17H18N6O2/c1-22-8-7-12(22)10-18-16(25)15-20-17-19-13(9-14(24)23(17)21-15)11-5-3-2-4-6-11/h2-6,9,12H,7-8,10H2,1H3,(H,18,25)(H,19,20,21). The normalized spacial score (nSPS) is 17.4. The van der Waals surface area contributed by atoms with Gasteiger partial charge < -0.3 is 10.2 Å². The molecule has 0 aliphatic carbocycles. The highest BCUT2D eigenvalue weighted by Crippen LogP contribution is 2.15. The summed E-state index contributed by atoms with van der Waals surface area (Å²) in [4.78, 5) is 35.3. The number of hydrogen-bond acceptors (Lipinski definition) is 5. The van der Waals surface area contributed by atoms with Crippen molar-refractivity contribution in [3.63, 3.8) is 0 Å². The van der Waals surface area contributed by atoms with Gasteiger partial charge >= 0.3 is 0 Å². The molecule has 1 unspecified atom stereocenters. The predicted molar refractivity (Wildman–Crippen MR) is 92.4 cm³/mol. The van der Waals surface area contributed by atoms with Gasteiger partial charge in [0.15, 0.2) is 0 Å². The summed E-state index contributed by atoms with van der Waals surface area (Å²) in [5.74, 6) is -0.0829. The van der Waals surface area contributed by atoms with Crippen LogP contribution >= 0.6 is 0 Å². The third kappa shape index (κ3) is 2.91. The summed E-state index contributed by atoms with van der Waals surface area (Å²) in [7, 11) is 2.02. The van der Waals surface area contributed by atoms with Crippen LogP contribution in [0.3, 0.4) is 0 Å². The molecule has 0 bridgehead atoms. The zero-order valence-corrected chi connectivity index (χ0v) is 13.8. The number of nitrogens with zero attached hydrogens (tertiary/aromatic N) is 4. The van der Waals surface area contributed by atoms with Crippen molar-refractivity contribution < 1.29 is 4.79 Å². The van der Waals surface area contributed by atoms with Gasteiger partial charge in [0.05, 0.1) is 5.69 Å². The number of H-pyrrole nitrogens is 1. The lowest BCUT2D eigenvalue weighted by atomic mass is 10.1. The molecule has 0 saturated carbocycles. The average Bonchev–Trinajstić information content (AvgIpc) is 3.06. The van der Waals surface area contributed by atoms with E-state index in [4.69, 9.17) is 0 Å². The van der Waals surface area contributed by atoms with Crippen LogP contribution in [0, 0.1) is 0 Å². The SMILES string of the molecule is CN1CCC1CNC(=O)c1nc2nc(-c3ccccc3)cc(=O)n2[nH]1. The van der Waals surface area contributed by atoms with Crippen LogP contribution in [0.2, 0.25) is 0 Å². The highest BCUT2D eigenvalue weighted by molar-refractivity contribution is 5.90. The second kappa shape index (κ2) is 6.14. The van der Waals surface area contributed by atoms with E-state index < -0.39 is 0 Å². The van der Waals surface area contributed by atoms with Crippen molar-refractivity contribution in [3.8, 4) is 11.3 Å². The van der Waals surface area contributed by atoms with E-state index in [0.29, 0.717) is 18.3 Å². The number of amides is 1. The van der Waals surface area contributed by atoms with Crippen molar-refractivity contribution >= 4 is 11.7 Å². The number of hydrogen-bond donors (Lipinski definition) is 2. The van der Waals surface area contributed by atoms with E-state index >= 15 is 0 Å². The van der Waals surface area contributed by atoms with Gasteiger partial charge in [-0.25, -0.2) is 4.98 Å². The number of rotatable bonds is 4. The summed E-state index contributed by atoms with van der Waals surface area (Å²) >= 11 is 0. The third-order valence-electron chi connectivity index (χ3n) is 4.55. The fourth-order valence-electron chi connectivity index (χ4n) is 2.86. The van der Waals surface area contributed by atoms with Crippen molar-refractivity contribution in [3.05, 3.63) is 52.6 Å². The number of fused-ring (bicyclic) bond motifs is 1. The Morgan fingerprint density at radius 1 is 1.32 bits per heavy atom. The maximum Gasteiger partial charge on any atom is 0.288 e. The molecule has 1 fully saturated rings. The molecule has 0 radical (unpaired) electrons. The van der Waals surface area contributed by atoms with E-state index in [9.17, 15) is 9.59 Å². The van der Waals surface area contributed by atoms with Crippen molar-refractivity contribution in [1.29, 1.82) is 0 Å². The Kier molecular flexibility index (Phi) is 3.81. The number of nitrogens with one attached hydrogen (secondary N) is 2. The lowest BCUT2D eigenvalue weighted by Crippen LogP contribution is -2.51. The molecule has 1 aliphatic heterocycles. The van der Waals surface area contributed by atoms with Crippen LogP contribution in [0.25, 0.3) is 17.0 Å². The van der Waals surface area contributed by atoms with Crippen molar-refractivity contribution in [2.45, 2.75) is 12.5 Å². The molecular weight excluding hydrogens is 320 g/mol. The van der Waals surface area contributed by atoms with E-state index in [1.54, 1.807) is 0 Å². The third-order valence-corrected chi connectivity index (χ3v) is 4.55. The van der Waals surface area contributed by atoms with Crippen LogP contribution in [0.15, 0.2) is 41.2 Å². The zero-order valence-electron chi connectivity index (χ0n) is 13.8. The van der Waals surface area contributed by atoms with Gasteiger partial charge in [0.2, 0.25) is 5.82 Å². The highest BCUT2D eigenvalue weighted by Gasteiger charge is 2.25. The monoisotopic (exact) mass is 338 g/mol. The first-order valence-electron chi connectivity index (χ1n) is 8.15. The van der Waals surface area contributed by atoms with Gasteiger partial charge in [-0.3, -0.25) is 14.7 Å². The molecule has 4 rings (SSSR count). The smallest absolute Gasteiger partial charge is 0.288 e. The van der Waals surface area contributed by atoms with Crippen LogP contribution in [-0.4, -0.2) is 56.6 Å². The quantitative estimate of drug-likeness (QED) is 0.723. The topological polar surface area (TPSA) is 95.4 Å². The van der Waals surface area contributed by atoms with Gasteiger partial charge in [-0.2, -0.15) is 9.50 Å². The molecule has 1 aliphatic rings. The van der Waals surface area contributed by atoms with E-state index in [1.165, 1.54) is 10.6 Å². The first-order valence-corrected chi connectivity index (χ1v) is 8.15. The summed E-state index contributed by atoms with van der Waals surface area (Å²) in [5, 5.41) is 5.56. The Morgan fingerprint density at radius 2 is 2.12 bits per heavy atom. The largest absolute Gasteiger partial charge is 0.348 e. The Morgan fingerprint density at radius 3 is 2.80 bits per heavy atom. The van der Waals surface area contributed by atoms with Crippen molar-refractivity contribution in [2.75, 3.05) is 20.1 Å². The minimum Gasteiger partial charge on any atom is -0.348 e. The molecule has 3 heterocycles. The number of likely N-dealkylation sites (N-methyl/N-ethyl adjacent to an activating group) is 1. The van der Waals surface area contributed by atoms with Gasteiger partial charge in [0.1, 0.15) is 0 Å². The second-order valence-electron chi connectivity index (χ2n) is 6.19. The van der Waals surface area contributed by atoms with Gasteiger partial charge in [0.25, 0.3) is 17.2 Å². The number of carbonyl (C=O) groups is 1. The molecule has 1 amide bonds. The molecule has 25 heavy (non-hydrogen) atoms. The zero-order chi connectivity index (χ0) is 17.4. The minimum absolute atomic E-state index is 0.0804. The lowest BCUT2D eigenvalue weighted by molar-refractivity contribution is 0.0875. The number of benzene rings is 1. The van der Waals surface area contributed by atoms with Gasteiger partial charge in [-0.15, -0.1) is 0 Å². The van der Waals surface area contributed by atoms with Crippen molar-refractivity contribution in [1.82, 2.24) is 29.8 Å². The first kappa shape index (κ1) is 15.5. The van der Waals surface area contributed by atoms with Crippen LogP contribution in [-0.2, 0) is 0 Å². The average molecular weight is 338 g/mol. The minimum atomic E-state index is -0.341. The maximum absolute atomic E-state index is 12.3. The highest BCUT2D eigenvalue weighted by atomic mass is 16.2. The molecule has 1 atom stereocenters. The summed E-state index contributed by atoms with van der Waals surface area (Å²) in [6, 6.07) is 11.2. The van der Waals surface area contributed by atoms with Crippen molar-refractivity contribution in [2.24, 2.45) is 0 Å². The lowest BCUT2D eigenvalue weighted by Gasteiger charge is -2.37. The molecule has 0 spiro atoms. The summed E-state index contributed by atoms with van der Waals surface area (Å²) in [5.41, 5.74) is 1.04. The fraction of sp³-hybridized carbons (Fsp3) is 0.294. The molecular formula is C17H18N6O2. The van der Waals surface area contributed by atoms with E-state index in [2.05, 4.69) is 25.3 Å². The molecule has 2 aromatic heterocycles. The molecule has 1 aromatic carbocycles. The Hall–Kier alpha value is -3.00. The van der Waals surface area contributed by atoms with E-state index in [0.717, 1.165) is 18.5 Å². The number of likely N-dealkylation sites (tertiary alicyclic amines) is 1. The molecule has 8 nitrogen and oxygen atoms in total. The molecule has 128 valence electrons. The summed E-state index contributed by atoms with van der Waals surface area (Å²) in [6.07, 6.45) is 1.07. The molecule has 3 aromatic rings. The second-order valence-corrected chi connectivity index (χ2v) is 6.19. The van der Waals surface area contributed by atoms with Crippen LogP contribution in [0.4, 0.5) is 0 Å². The summed E-state index contributed by atoms with van der Waals surface area (Å²) in [6.45, 7) is 1.61. The van der Waals surface area contributed by atoms with Gasteiger partial charge in [-0.05, 0) is 20.0 Å². The predicted octanol–water partition coefficient (Wildman–Crippen LogP) is 0.518. The summed E-state index contributed by atoms with van der Waals surface area (Å²) < 4.78 is 1.18. The first-order chi connectivity index (χ1) is 12.1. The molecule has 2 N–H and O–H groups in total. The molecule has 8 heteroatoms. The van der Waals surface area contributed by atoms with Crippen LogP contribution < -0.4 is 10.9 Å². The Bertz CT molecular complexity index is 978. The number of carbonyl (C=O) groups excluding carboxylic acids is 1. The Labute approximate surface area is 143 Å². The molecule has 1 saturated heterocycles. The number of aromatic nitrogens is 4. The van der Waals surface area contributed by atoms with Gasteiger partial charge in [0, 0.05) is 24.2 Å². The van der Waals surface area contributed by atoms with E-state index in [-0.39, 0.29) is 23.1 Å². The maximum atomic E-state index is 12.3. The fourth-order valence-corrected chi connectivity index (χ4v) is 2.86. The van der Waals surface area contributed by atoms with Crippen LogP contribution in [0.1, 0.15) is 17.0 Å².